The predicted molar refractivity (Wildman–Crippen MR) is 88.6 cm³/mol. The topological polar surface area (TPSA) is 36.9 Å². The maximum atomic E-state index is 5.44. The molecule has 1 saturated carbocycles. The molecule has 0 spiro atoms. The Morgan fingerprint density at radius 3 is 2.62 bits per heavy atom. The number of benzene rings is 1. The van der Waals surface area contributed by atoms with E-state index in [9.17, 15) is 0 Å². The Labute approximate surface area is 130 Å². The Morgan fingerprint density at radius 1 is 1.24 bits per heavy atom. The SMILES string of the molecule is CCN(c1n[nH]c(=S)n1-c1ccccc1)C1CCCCC1. The van der Waals surface area contributed by atoms with Crippen molar-refractivity contribution in [3.63, 3.8) is 0 Å². The molecule has 0 bridgehead atoms. The van der Waals surface area contributed by atoms with Gasteiger partial charge in [0, 0.05) is 12.6 Å². The molecular formula is C16H22N4S. The lowest BCUT2D eigenvalue weighted by Gasteiger charge is -2.34. The van der Waals surface area contributed by atoms with Crippen molar-refractivity contribution in [1.82, 2.24) is 14.8 Å². The number of para-hydroxylation sites is 1. The molecule has 4 nitrogen and oxygen atoms in total. The number of nitrogens with one attached hydrogen (secondary N) is 1. The van der Waals surface area contributed by atoms with Crippen LogP contribution in [-0.2, 0) is 0 Å². The Morgan fingerprint density at radius 2 is 1.95 bits per heavy atom. The van der Waals surface area contributed by atoms with Gasteiger partial charge in [-0.25, -0.2) is 5.10 Å². The van der Waals surface area contributed by atoms with Crippen molar-refractivity contribution in [3.05, 3.63) is 35.1 Å². The van der Waals surface area contributed by atoms with Crippen molar-refractivity contribution >= 4 is 18.2 Å². The molecule has 0 atom stereocenters. The fourth-order valence-electron chi connectivity index (χ4n) is 3.25. The summed E-state index contributed by atoms with van der Waals surface area (Å²) in [6.45, 7) is 3.15. The number of rotatable bonds is 4. The minimum atomic E-state index is 0.580. The summed E-state index contributed by atoms with van der Waals surface area (Å²) in [5, 5.41) is 7.47. The first-order valence-corrected chi connectivity index (χ1v) is 8.21. The zero-order valence-corrected chi connectivity index (χ0v) is 13.3. The Balaban J connectivity index is 1.99. The van der Waals surface area contributed by atoms with Gasteiger partial charge in [-0.1, -0.05) is 37.5 Å². The first kappa shape index (κ1) is 14.3. The molecule has 3 rings (SSSR count). The van der Waals surface area contributed by atoms with E-state index in [1.54, 1.807) is 0 Å². The predicted octanol–water partition coefficient (Wildman–Crippen LogP) is 4.09. The van der Waals surface area contributed by atoms with Crippen LogP contribution in [0.15, 0.2) is 30.3 Å². The van der Waals surface area contributed by atoms with Crippen molar-refractivity contribution in [2.45, 2.75) is 45.1 Å². The lowest BCUT2D eigenvalue weighted by molar-refractivity contribution is 0.413. The van der Waals surface area contributed by atoms with Crippen LogP contribution in [0.5, 0.6) is 0 Å². The van der Waals surface area contributed by atoms with Gasteiger partial charge in [0.15, 0.2) is 0 Å². The standard InChI is InChI=1S/C16H22N4S/c1-2-19(13-9-5-3-6-10-13)15-17-18-16(21)20(15)14-11-7-4-8-12-14/h4,7-8,11-13H,2-3,5-6,9-10H2,1H3,(H,18,21). The van der Waals surface area contributed by atoms with Gasteiger partial charge in [-0.15, -0.1) is 5.10 Å². The molecule has 1 heterocycles. The summed E-state index contributed by atoms with van der Waals surface area (Å²) < 4.78 is 2.71. The molecule has 2 aromatic rings. The fourth-order valence-corrected chi connectivity index (χ4v) is 3.48. The van der Waals surface area contributed by atoms with Crippen LogP contribution in [0.2, 0.25) is 0 Å². The number of H-pyrrole nitrogens is 1. The zero-order valence-electron chi connectivity index (χ0n) is 12.5. The second kappa shape index (κ2) is 6.43. The van der Waals surface area contributed by atoms with E-state index in [1.807, 2.05) is 22.8 Å². The van der Waals surface area contributed by atoms with E-state index in [4.69, 9.17) is 12.2 Å². The molecule has 1 aliphatic carbocycles. The van der Waals surface area contributed by atoms with E-state index in [0.717, 1.165) is 18.2 Å². The number of aromatic nitrogens is 3. The van der Waals surface area contributed by atoms with E-state index in [-0.39, 0.29) is 0 Å². The highest BCUT2D eigenvalue weighted by molar-refractivity contribution is 7.71. The van der Waals surface area contributed by atoms with E-state index >= 15 is 0 Å². The van der Waals surface area contributed by atoms with Crippen molar-refractivity contribution < 1.29 is 0 Å². The molecule has 0 aliphatic heterocycles. The van der Waals surface area contributed by atoms with Crippen LogP contribution in [0.3, 0.4) is 0 Å². The fraction of sp³-hybridized carbons (Fsp3) is 0.500. The smallest absolute Gasteiger partial charge is 0.230 e. The van der Waals surface area contributed by atoms with Crippen LogP contribution in [0.25, 0.3) is 5.69 Å². The lowest BCUT2D eigenvalue weighted by Crippen LogP contribution is -2.38. The normalized spacial score (nSPS) is 16.0. The summed E-state index contributed by atoms with van der Waals surface area (Å²) in [7, 11) is 0. The largest absolute Gasteiger partial charge is 0.338 e. The molecule has 1 aromatic carbocycles. The van der Waals surface area contributed by atoms with Crippen LogP contribution >= 0.6 is 12.2 Å². The molecule has 1 aliphatic rings. The number of anilines is 1. The van der Waals surface area contributed by atoms with Gasteiger partial charge in [-0.2, -0.15) is 0 Å². The molecule has 0 unspecified atom stereocenters. The quantitative estimate of drug-likeness (QED) is 0.864. The third-order valence-electron chi connectivity index (χ3n) is 4.28. The summed E-state index contributed by atoms with van der Waals surface area (Å²) in [6.07, 6.45) is 6.50. The summed E-state index contributed by atoms with van der Waals surface area (Å²) in [4.78, 5) is 2.40. The van der Waals surface area contributed by atoms with Crippen LogP contribution < -0.4 is 4.90 Å². The Bertz CT molecular complexity index is 625. The van der Waals surface area contributed by atoms with E-state index in [1.165, 1.54) is 32.1 Å². The molecule has 1 N–H and O–H groups in total. The summed E-state index contributed by atoms with van der Waals surface area (Å²) in [5.74, 6) is 0.945. The van der Waals surface area contributed by atoms with E-state index in [0.29, 0.717) is 10.8 Å². The van der Waals surface area contributed by atoms with Gasteiger partial charge in [0.25, 0.3) is 0 Å². The van der Waals surface area contributed by atoms with Crippen molar-refractivity contribution in [3.8, 4) is 5.69 Å². The molecule has 5 heteroatoms. The summed E-state index contributed by atoms with van der Waals surface area (Å²) >= 11 is 5.44. The highest BCUT2D eigenvalue weighted by Crippen LogP contribution is 2.27. The van der Waals surface area contributed by atoms with Gasteiger partial charge in [0.2, 0.25) is 10.7 Å². The third kappa shape index (κ3) is 2.88. The maximum Gasteiger partial charge on any atom is 0.230 e. The number of nitrogens with zero attached hydrogens (tertiary/aromatic N) is 3. The van der Waals surface area contributed by atoms with Crippen LogP contribution in [0.4, 0.5) is 5.95 Å². The average Bonchev–Trinajstić information content (AvgIpc) is 2.92. The monoisotopic (exact) mass is 302 g/mol. The van der Waals surface area contributed by atoms with Gasteiger partial charge < -0.3 is 4.90 Å². The molecule has 0 radical (unpaired) electrons. The number of hydrogen-bond acceptors (Lipinski definition) is 3. The second-order valence-corrected chi connectivity index (χ2v) is 5.96. The molecule has 0 saturated heterocycles. The van der Waals surface area contributed by atoms with E-state index < -0.39 is 0 Å². The molecular weight excluding hydrogens is 280 g/mol. The van der Waals surface area contributed by atoms with Crippen LogP contribution in [-0.4, -0.2) is 27.4 Å². The van der Waals surface area contributed by atoms with Crippen LogP contribution in [0.1, 0.15) is 39.0 Å². The summed E-state index contributed by atoms with van der Waals surface area (Å²) in [6, 6.07) is 10.8. The molecule has 112 valence electrons. The Hall–Kier alpha value is -1.62. The lowest BCUT2D eigenvalue weighted by atomic mass is 9.94. The van der Waals surface area contributed by atoms with Gasteiger partial charge in [0.05, 0.1) is 5.69 Å². The maximum absolute atomic E-state index is 5.44. The van der Waals surface area contributed by atoms with E-state index in [2.05, 4.69) is 34.2 Å². The van der Waals surface area contributed by atoms with Crippen molar-refractivity contribution in [2.75, 3.05) is 11.4 Å². The molecule has 0 amide bonds. The van der Waals surface area contributed by atoms with Gasteiger partial charge in [-0.3, -0.25) is 4.57 Å². The third-order valence-corrected chi connectivity index (χ3v) is 4.56. The minimum Gasteiger partial charge on any atom is -0.338 e. The van der Waals surface area contributed by atoms with Gasteiger partial charge in [0.1, 0.15) is 0 Å². The highest BCUT2D eigenvalue weighted by Gasteiger charge is 2.24. The van der Waals surface area contributed by atoms with Crippen molar-refractivity contribution in [1.29, 1.82) is 0 Å². The molecule has 1 fully saturated rings. The zero-order chi connectivity index (χ0) is 14.7. The first-order valence-electron chi connectivity index (χ1n) is 7.80. The number of aromatic amines is 1. The Kier molecular flexibility index (Phi) is 4.39. The second-order valence-electron chi connectivity index (χ2n) is 5.58. The molecule has 21 heavy (non-hydrogen) atoms. The molecule has 1 aromatic heterocycles. The minimum absolute atomic E-state index is 0.580. The van der Waals surface area contributed by atoms with Gasteiger partial charge >= 0.3 is 0 Å². The van der Waals surface area contributed by atoms with Crippen LogP contribution in [0, 0.1) is 4.77 Å². The number of hydrogen-bond donors (Lipinski definition) is 1. The summed E-state index contributed by atoms with van der Waals surface area (Å²) in [5.41, 5.74) is 1.07. The van der Waals surface area contributed by atoms with Crippen molar-refractivity contribution in [2.24, 2.45) is 0 Å². The average molecular weight is 302 g/mol. The highest BCUT2D eigenvalue weighted by atomic mass is 32.1. The first-order chi connectivity index (χ1) is 10.3. The van der Waals surface area contributed by atoms with Gasteiger partial charge in [-0.05, 0) is 44.1 Å².